The molecule has 0 unspecified atom stereocenters. The highest BCUT2D eigenvalue weighted by Gasteiger charge is 2.30. The fourth-order valence-electron chi connectivity index (χ4n) is 4.82. The van der Waals surface area contributed by atoms with E-state index in [1.165, 1.54) is 56.8 Å². The van der Waals surface area contributed by atoms with Crippen molar-refractivity contribution >= 4 is 6.29 Å². The number of benzene rings is 1. The van der Waals surface area contributed by atoms with Crippen LogP contribution in [-0.4, -0.2) is 6.29 Å². The maximum atomic E-state index is 10.9. The van der Waals surface area contributed by atoms with E-state index >= 15 is 0 Å². The fourth-order valence-corrected chi connectivity index (χ4v) is 4.82. The predicted octanol–water partition coefficient (Wildman–Crippen LogP) is 5.30. The number of aryl methyl sites for hydroxylation is 1. The lowest BCUT2D eigenvalue weighted by molar-refractivity contribution is -0.112. The summed E-state index contributed by atoms with van der Waals surface area (Å²) in [6.45, 7) is 0. The molecule has 0 radical (unpaired) electrons. The highest BCUT2D eigenvalue weighted by atomic mass is 16.1. The molecule has 1 aromatic carbocycles. The molecule has 1 aromatic rings. The van der Waals surface area contributed by atoms with Crippen LogP contribution in [-0.2, 0) is 11.2 Å². The first-order valence-corrected chi connectivity index (χ1v) is 9.73. The standard InChI is InChI=1S/C22H29NO/c23-15-19-5-3-17(4-6-19)1-2-18-7-11-21(12-8-18)22-13-9-20(16-24)10-14-22/h3-6,16,18,20-22H,1-2,7-14H2/t18-,20?,21-,22?. The third kappa shape index (κ3) is 4.47. The van der Waals surface area contributed by atoms with Crippen LogP contribution in [0.1, 0.15) is 68.9 Å². The van der Waals surface area contributed by atoms with Crippen LogP contribution in [0.15, 0.2) is 24.3 Å². The van der Waals surface area contributed by atoms with Gasteiger partial charge in [-0.1, -0.05) is 25.0 Å². The number of carbonyl (C=O) groups excluding carboxylic acids is 1. The molecule has 0 atom stereocenters. The molecule has 2 saturated carbocycles. The molecule has 0 saturated heterocycles. The van der Waals surface area contributed by atoms with Crippen molar-refractivity contribution in [3.63, 3.8) is 0 Å². The van der Waals surface area contributed by atoms with Crippen molar-refractivity contribution in [1.29, 1.82) is 5.26 Å². The molecule has 0 amide bonds. The van der Waals surface area contributed by atoms with E-state index in [1.807, 2.05) is 12.1 Å². The minimum absolute atomic E-state index is 0.352. The van der Waals surface area contributed by atoms with Gasteiger partial charge in [-0.05, 0) is 86.8 Å². The molecule has 0 aromatic heterocycles. The van der Waals surface area contributed by atoms with Crippen molar-refractivity contribution in [3.05, 3.63) is 35.4 Å². The molecule has 2 aliphatic rings. The van der Waals surface area contributed by atoms with Crippen LogP contribution in [0, 0.1) is 35.0 Å². The number of hydrogen-bond donors (Lipinski definition) is 0. The first-order valence-electron chi connectivity index (χ1n) is 9.73. The van der Waals surface area contributed by atoms with Gasteiger partial charge in [-0.2, -0.15) is 5.26 Å². The van der Waals surface area contributed by atoms with E-state index in [0.29, 0.717) is 5.92 Å². The van der Waals surface area contributed by atoms with E-state index in [9.17, 15) is 4.79 Å². The molecular formula is C22H29NO. The van der Waals surface area contributed by atoms with Crippen molar-refractivity contribution in [2.24, 2.45) is 23.7 Å². The number of carbonyl (C=O) groups is 1. The Bertz CT molecular complexity index is 555. The zero-order chi connectivity index (χ0) is 16.8. The second-order valence-electron chi connectivity index (χ2n) is 7.94. The van der Waals surface area contributed by atoms with Gasteiger partial charge in [0.25, 0.3) is 0 Å². The summed E-state index contributed by atoms with van der Waals surface area (Å²) in [5, 5.41) is 8.86. The Hall–Kier alpha value is -1.62. The average molecular weight is 323 g/mol. The predicted molar refractivity (Wildman–Crippen MR) is 96.4 cm³/mol. The molecular weight excluding hydrogens is 294 g/mol. The van der Waals surface area contributed by atoms with Crippen LogP contribution in [0.3, 0.4) is 0 Å². The van der Waals surface area contributed by atoms with Crippen molar-refractivity contribution in [3.8, 4) is 6.07 Å². The number of aldehydes is 1. The second kappa shape index (κ2) is 8.47. The summed E-state index contributed by atoms with van der Waals surface area (Å²) in [6, 6.07) is 10.3. The Morgan fingerprint density at radius 3 is 2.04 bits per heavy atom. The van der Waals surface area contributed by atoms with E-state index in [0.717, 1.165) is 42.6 Å². The Morgan fingerprint density at radius 1 is 0.917 bits per heavy atom. The summed E-state index contributed by atoms with van der Waals surface area (Å²) in [5.74, 6) is 3.04. The molecule has 0 N–H and O–H groups in total. The molecule has 0 spiro atoms. The van der Waals surface area contributed by atoms with Crippen molar-refractivity contribution in [2.45, 2.75) is 64.2 Å². The minimum Gasteiger partial charge on any atom is -0.303 e. The van der Waals surface area contributed by atoms with E-state index < -0.39 is 0 Å². The minimum atomic E-state index is 0.352. The Balaban J connectivity index is 1.39. The quantitative estimate of drug-likeness (QED) is 0.690. The maximum absolute atomic E-state index is 10.9. The maximum Gasteiger partial charge on any atom is 0.123 e. The number of rotatable bonds is 5. The summed E-state index contributed by atoms with van der Waals surface area (Å²) in [5.41, 5.74) is 2.12. The summed E-state index contributed by atoms with van der Waals surface area (Å²) in [6.07, 6.45) is 14.0. The van der Waals surface area contributed by atoms with Crippen LogP contribution in [0.5, 0.6) is 0 Å². The first-order chi connectivity index (χ1) is 11.8. The van der Waals surface area contributed by atoms with Gasteiger partial charge in [0, 0.05) is 5.92 Å². The van der Waals surface area contributed by atoms with Crippen LogP contribution in [0.4, 0.5) is 0 Å². The average Bonchev–Trinajstić information content (AvgIpc) is 2.67. The monoisotopic (exact) mass is 323 g/mol. The molecule has 2 aliphatic carbocycles. The SMILES string of the molecule is N#Cc1ccc(CC[C@H]2CC[C@H](C3CCC(C=O)CC3)CC2)cc1. The Kier molecular flexibility index (Phi) is 6.07. The Labute approximate surface area is 146 Å². The zero-order valence-corrected chi connectivity index (χ0v) is 14.6. The van der Waals surface area contributed by atoms with Crippen molar-refractivity contribution in [2.75, 3.05) is 0 Å². The number of nitriles is 1. The van der Waals surface area contributed by atoms with Gasteiger partial charge in [-0.15, -0.1) is 0 Å². The molecule has 2 heteroatoms. The van der Waals surface area contributed by atoms with Gasteiger partial charge in [0.2, 0.25) is 0 Å². The van der Waals surface area contributed by atoms with Gasteiger partial charge < -0.3 is 4.79 Å². The van der Waals surface area contributed by atoms with Gasteiger partial charge >= 0.3 is 0 Å². The van der Waals surface area contributed by atoms with Crippen LogP contribution >= 0.6 is 0 Å². The van der Waals surface area contributed by atoms with Gasteiger partial charge in [-0.25, -0.2) is 0 Å². The lowest BCUT2D eigenvalue weighted by Gasteiger charge is -2.37. The molecule has 0 aliphatic heterocycles. The van der Waals surface area contributed by atoms with E-state index in [4.69, 9.17) is 5.26 Å². The summed E-state index contributed by atoms with van der Waals surface area (Å²) in [7, 11) is 0. The molecule has 3 rings (SSSR count). The van der Waals surface area contributed by atoms with Crippen molar-refractivity contribution < 1.29 is 4.79 Å². The largest absolute Gasteiger partial charge is 0.303 e. The topological polar surface area (TPSA) is 40.9 Å². The van der Waals surface area contributed by atoms with Gasteiger partial charge in [0.15, 0.2) is 0 Å². The molecule has 0 heterocycles. The van der Waals surface area contributed by atoms with Crippen LogP contribution in [0.2, 0.25) is 0 Å². The molecule has 0 bridgehead atoms. The summed E-state index contributed by atoms with van der Waals surface area (Å²) < 4.78 is 0. The lowest BCUT2D eigenvalue weighted by Crippen LogP contribution is -2.26. The summed E-state index contributed by atoms with van der Waals surface area (Å²) in [4.78, 5) is 10.9. The molecule has 2 nitrogen and oxygen atoms in total. The lowest BCUT2D eigenvalue weighted by atomic mass is 9.69. The van der Waals surface area contributed by atoms with Gasteiger partial charge in [0.1, 0.15) is 6.29 Å². The second-order valence-corrected chi connectivity index (χ2v) is 7.94. The normalized spacial score (nSPS) is 30.5. The van der Waals surface area contributed by atoms with E-state index in [2.05, 4.69) is 18.2 Å². The summed E-state index contributed by atoms with van der Waals surface area (Å²) >= 11 is 0. The first kappa shape index (κ1) is 17.2. The third-order valence-electron chi connectivity index (χ3n) is 6.49. The molecule has 128 valence electrons. The Morgan fingerprint density at radius 2 is 1.50 bits per heavy atom. The number of nitrogens with zero attached hydrogens (tertiary/aromatic N) is 1. The van der Waals surface area contributed by atoms with Crippen molar-refractivity contribution in [1.82, 2.24) is 0 Å². The number of hydrogen-bond acceptors (Lipinski definition) is 2. The van der Waals surface area contributed by atoms with Crippen LogP contribution in [0.25, 0.3) is 0 Å². The van der Waals surface area contributed by atoms with E-state index in [1.54, 1.807) is 0 Å². The fraction of sp³-hybridized carbons (Fsp3) is 0.636. The smallest absolute Gasteiger partial charge is 0.123 e. The molecule has 24 heavy (non-hydrogen) atoms. The third-order valence-corrected chi connectivity index (χ3v) is 6.49. The van der Waals surface area contributed by atoms with Crippen LogP contribution < -0.4 is 0 Å². The van der Waals surface area contributed by atoms with E-state index in [-0.39, 0.29) is 0 Å². The highest BCUT2D eigenvalue weighted by molar-refractivity contribution is 5.53. The zero-order valence-electron chi connectivity index (χ0n) is 14.6. The highest BCUT2D eigenvalue weighted by Crippen LogP contribution is 2.41. The van der Waals surface area contributed by atoms with Gasteiger partial charge in [0.05, 0.1) is 11.6 Å². The van der Waals surface area contributed by atoms with Gasteiger partial charge in [-0.3, -0.25) is 0 Å². The molecule has 2 fully saturated rings.